The fraction of sp³-hybridized carbons (Fsp3) is 0.391. The number of benzene rings is 2. The van der Waals surface area contributed by atoms with Crippen LogP contribution in [-0.4, -0.2) is 63.2 Å². The Morgan fingerprint density at radius 2 is 2.00 bits per heavy atom. The number of hydrogen-bond donors (Lipinski definition) is 2. The van der Waals surface area contributed by atoms with Gasteiger partial charge < -0.3 is 25.0 Å². The quantitative estimate of drug-likeness (QED) is 0.692. The third kappa shape index (κ3) is 4.76. The molecule has 2 aromatic carbocycles. The molecule has 170 valence electrons. The summed E-state index contributed by atoms with van der Waals surface area (Å²) in [4.78, 5) is 28.3. The van der Waals surface area contributed by atoms with Crippen LogP contribution in [0.4, 0.5) is 11.4 Å². The number of methoxy groups -OCH3 is 1. The molecule has 2 N–H and O–H groups in total. The molecule has 0 atom stereocenters. The average Bonchev–Trinajstić information content (AvgIpc) is 2.79. The van der Waals surface area contributed by atoms with Gasteiger partial charge >= 0.3 is 0 Å². The van der Waals surface area contributed by atoms with Crippen molar-refractivity contribution in [1.29, 1.82) is 0 Å². The minimum Gasteiger partial charge on any atom is -0.493 e. The van der Waals surface area contributed by atoms with E-state index in [-0.39, 0.29) is 18.4 Å². The zero-order chi connectivity index (χ0) is 22.7. The van der Waals surface area contributed by atoms with Gasteiger partial charge in [-0.3, -0.25) is 14.5 Å². The summed E-state index contributed by atoms with van der Waals surface area (Å²) in [6, 6.07) is 9.36. The number of ether oxygens (including phenoxy) is 2. The summed E-state index contributed by atoms with van der Waals surface area (Å²) in [7, 11) is 1.60. The molecule has 0 radical (unpaired) electrons. The number of nitrogens with zero attached hydrogens (tertiary/aromatic N) is 2. The highest BCUT2D eigenvalue weighted by molar-refractivity contribution is 6.33. The first-order chi connectivity index (χ1) is 15.5. The SMILES string of the molecule is CCNC(=O)c1ccc(N2CCN(Cc3cc4c(c(OC)c3)OCC(=O)N4)CC2)c(Cl)c1. The number of carbonyl (C=O) groups excluding carboxylic acids is 2. The Balaban J connectivity index is 1.40. The molecule has 2 amide bonds. The Morgan fingerprint density at radius 1 is 1.22 bits per heavy atom. The van der Waals surface area contributed by atoms with Gasteiger partial charge in [0.15, 0.2) is 18.1 Å². The first-order valence-corrected chi connectivity index (χ1v) is 11.0. The van der Waals surface area contributed by atoms with Crippen molar-refractivity contribution in [3.05, 3.63) is 46.5 Å². The van der Waals surface area contributed by atoms with Gasteiger partial charge in [-0.25, -0.2) is 0 Å². The van der Waals surface area contributed by atoms with Gasteiger partial charge in [-0.05, 0) is 42.8 Å². The van der Waals surface area contributed by atoms with Crippen LogP contribution in [-0.2, 0) is 11.3 Å². The van der Waals surface area contributed by atoms with Crippen molar-refractivity contribution >= 4 is 34.8 Å². The number of hydrogen-bond acceptors (Lipinski definition) is 6. The topological polar surface area (TPSA) is 83.1 Å². The Hall–Kier alpha value is -2.97. The van der Waals surface area contributed by atoms with Gasteiger partial charge in [0.2, 0.25) is 0 Å². The van der Waals surface area contributed by atoms with Crippen molar-refractivity contribution in [3.63, 3.8) is 0 Å². The third-order valence-electron chi connectivity index (χ3n) is 5.62. The number of rotatable bonds is 6. The van der Waals surface area contributed by atoms with E-state index < -0.39 is 0 Å². The number of fused-ring (bicyclic) bond motifs is 1. The molecule has 0 bridgehead atoms. The molecule has 0 aliphatic carbocycles. The lowest BCUT2D eigenvalue weighted by molar-refractivity contribution is -0.118. The number of piperazine rings is 1. The van der Waals surface area contributed by atoms with E-state index in [0.29, 0.717) is 34.3 Å². The number of anilines is 2. The van der Waals surface area contributed by atoms with Crippen LogP contribution >= 0.6 is 11.6 Å². The van der Waals surface area contributed by atoms with Gasteiger partial charge in [0, 0.05) is 44.8 Å². The first kappa shape index (κ1) is 22.2. The van der Waals surface area contributed by atoms with Crippen molar-refractivity contribution in [2.45, 2.75) is 13.5 Å². The molecule has 0 saturated carbocycles. The molecule has 9 heteroatoms. The van der Waals surface area contributed by atoms with E-state index in [9.17, 15) is 9.59 Å². The minimum atomic E-state index is -0.166. The lowest BCUT2D eigenvalue weighted by Gasteiger charge is -2.36. The van der Waals surface area contributed by atoms with Crippen LogP contribution in [0, 0.1) is 0 Å². The lowest BCUT2D eigenvalue weighted by atomic mass is 10.1. The molecule has 0 spiro atoms. The van der Waals surface area contributed by atoms with Gasteiger partial charge in [-0.15, -0.1) is 0 Å². The van der Waals surface area contributed by atoms with Crippen LogP contribution in [0.25, 0.3) is 0 Å². The molecule has 2 aromatic rings. The maximum Gasteiger partial charge on any atom is 0.262 e. The highest BCUT2D eigenvalue weighted by Gasteiger charge is 2.24. The van der Waals surface area contributed by atoms with E-state index in [1.807, 2.05) is 31.2 Å². The normalized spacial score (nSPS) is 16.1. The van der Waals surface area contributed by atoms with Crippen LogP contribution in [0.5, 0.6) is 11.5 Å². The van der Waals surface area contributed by atoms with Crippen molar-refractivity contribution < 1.29 is 19.1 Å². The van der Waals surface area contributed by atoms with Crippen LogP contribution in [0.15, 0.2) is 30.3 Å². The van der Waals surface area contributed by atoms with Gasteiger partial charge in [-0.2, -0.15) is 0 Å². The largest absolute Gasteiger partial charge is 0.493 e. The van der Waals surface area contributed by atoms with Gasteiger partial charge in [-0.1, -0.05) is 11.6 Å². The van der Waals surface area contributed by atoms with E-state index >= 15 is 0 Å². The van der Waals surface area contributed by atoms with Gasteiger partial charge in [0.1, 0.15) is 0 Å². The van der Waals surface area contributed by atoms with Crippen molar-refractivity contribution in [2.24, 2.45) is 0 Å². The van der Waals surface area contributed by atoms with Gasteiger partial charge in [0.05, 0.1) is 23.5 Å². The molecule has 2 aliphatic rings. The van der Waals surface area contributed by atoms with Crippen LogP contribution in [0.1, 0.15) is 22.8 Å². The standard InChI is InChI=1S/C23H27ClN4O4/c1-3-25-23(30)16-4-5-19(17(24)12-16)28-8-6-27(7-9-28)13-15-10-18-22(20(11-15)31-2)32-14-21(29)26-18/h4-5,10-12H,3,6-9,13-14H2,1-2H3,(H,25,30)(H,26,29). The first-order valence-electron chi connectivity index (χ1n) is 10.7. The maximum atomic E-state index is 12.0. The molecule has 32 heavy (non-hydrogen) atoms. The molecule has 2 heterocycles. The molecular formula is C23H27ClN4O4. The predicted octanol–water partition coefficient (Wildman–Crippen LogP) is 2.75. The zero-order valence-corrected chi connectivity index (χ0v) is 19.0. The fourth-order valence-electron chi connectivity index (χ4n) is 4.04. The van der Waals surface area contributed by atoms with E-state index in [1.165, 1.54) is 0 Å². The molecule has 0 unspecified atom stereocenters. The maximum absolute atomic E-state index is 12.0. The minimum absolute atomic E-state index is 0.00250. The summed E-state index contributed by atoms with van der Waals surface area (Å²) in [6.45, 7) is 6.55. The Kier molecular flexibility index (Phi) is 6.72. The molecule has 4 rings (SSSR count). The summed E-state index contributed by atoms with van der Waals surface area (Å²) in [5.41, 5.74) is 3.20. The molecule has 0 aromatic heterocycles. The number of halogens is 1. The monoisotopic (exact) mass is 458 g/mol. The smallest absolute Gasteiger partial charge is 0.262 e. The van der Waals surface area contributed by atoms with E-state index in [0.717, 1.165) is 44.0 Å². The second kappa shape index (κ2) is 9.67. The van der Waals surface area contributed by atoms with E-state index in [4.69, 9.17) is 21.1 Å². The zero-order valence-electron chi connectivity index (χ0n) is 18.2. The van der Waals surface area contributed by atoms with Crippen LogP contribution in [0.3, 0.4) is 0 Å². The Morgan fingerprint density at radius 3 is 2.69 bits per heavy atom. The highest BCUT2D eigenvalue weighted by atomic mass is 35.5. The average molecular weight is 459 g/mol. The third-order valence-corrected chi connectivity index (χ3v) is 5.93. The fourth-order valence-corrected chi connectivity index (χ4v) is 4.34. The second-order valence-electron chi connectivity index (χ2n) is 7.80. The van der Waals surface area contributed by atoms with Gasteiger partial charge in [0.25, 0.3) is 11.8 Å². The van der Waals surface area contributed by atoms with E-state index in [1.54, 1.807) is 13.2 Å². The molecular weight excluding hydrogens is 432 g/mol. The molecule has 1 fully saturated rings. The van der Waals surface area contributed by atoms with Crippen LogP contribution < -0.4 is 25.0 Å². The highest BCUT2D eigenvalue weighted by Crippen LogP contribution is 2.39. The molecule has 1 saturated heterocycles. The summed E-state index contributed by atoms with van der Waals surface area (Å²) in [6.07, 6.45) is 0. The summed E-state index contributed by atoms with van der Waals surface area (Å²) >= 11 is 6.49. The Labute approximate surface area is 192 Å². The summed E-state index contributed by atoms with van der Waals surface area (Å²) in [5, 5.41) is 6.22. The summed E-state index contributed by atoms with van der Waals surface area (Å²) in [5.74, 6) is 0.912. The summed E-state index contributed by atoms with van der Waals surface area (Å²) < 4.78 is 11.0. The number of nitrogens with one attached hydrogen (secondary N) is 2. The van der Waals surface area contributed by atoms with Crippen molar-refractivity contribution in [3.8, 4) is 11.5 Å². The number of carbonyl (C=O) groups is 2. The molecule has 2 aliphatic heterocycles. The van der Waals surface area contributed by atoms with Crippen molar-refractivity contribution in [1.82, 2.24) is 10.2 Å². The Bertz CT molecular complexity index is 1020. The lowest BCUT2D eigenvalue weighted by Crippen LogP contribution is -2.46. The van der Waals surface area contributed by atoms with Crippen LogP contribution in [0.2, 0.25) is 5.02 Å². The second-order valence-corrected chi connectivity index (χ2v) is 8.21. The predicted molar refractivity (Wildman–Crippen MR) is 124 cm³/mol. The molecule has 8 nitrogen and oxygen atoms in total. The number of amides is 2. The van der Waals surface area contributed by atoms with E-state index in [2.05, 4.69) is 20.4 Å². The van der Waals surface area contributed by atoms with Crippen molar-refractivity contribution in [2.75, 3.05) is 56.7 Å².